The number of amides is 1. The highest BCUT2D eigenvalue weighted by Gasteiger charge is 2.25. The molecule has 1 atom stereocenters. The molecule has 2 rings (SSSR count). The normalized spacial score (nSPS) is 11.8. The number of hydrogen-bond donors (Lipinski definition) is 2. The SMILES string of the molecule is CCC(=O)O[C@@H](C)NS(=O)(=O)c1cccc(NC(=O)CCCCc2ccc(C#N)cc2)c1OC. The summed E-state index contributed by atoms with van der Waals surface area (Å²) in [5.41, 5.74) is 1.92. The lowest BCUT2D eigenvalue weighted by Crippen LogP contribution is -2.36. The summed E-state index contributed by atoms with van der Waals surface area (Å²) in [5, 5.41) is 11.5. The molecule has 2 N–H and O–H groups in total. The first-order valence-corrected chi connectivity index (χ1v) is 12.4. The van der Waals surface area contributed by atoms with Crippen molar-refractivity contribution < 1.29 is 27.5 Å². The number of carbonyl (C=O) groups is 2. The molecule has 0 aliphatic rings. The number of sulfonamides is 1. The smallest absolute Gasteiger partial charge is 0.307 e. The van der Waals surface area contributed by atoms with Gasteiger partial charge in [0.25, 0.3) is 0 Å². The highest BCUT2D eigenvalue weighted by molar-refractivity contribution is 7.89. The van der Waals surface area contributed by atoms with Gasteiger partial charge in [-0.05, 0) is 56.0 Å². The van der Waals surface area contributed by atoms with E-state index in [2.05, 4.69) is 16.1 Å². The van der Waals surface area contributed by atoms with Gasteiger partial charge >= 0.3 is 5.97 Å². The van der Waals surface area contributed by atoms with Crippen LogP contribution >= 0.6 is 0 Å². The molecule has 34 heavy (non-hydrogen) atoms. The van der Waals surface area contributed by atoms with E-state index in [0.29, 0.717) is 12.0 Å². The molecule has 2 aromatic carbocycles. The van der Waals surface area contributed by atoms with E-state index in [0.717, 1.165) is 18.4 Å². The van der Waals surface area contributed by atoms with Crippen LogP contribution in [-0.4, -0.2) is 33.6 Å². The molecular formula is C24H29N3O6S. The Morgan fingerprint density at radius 2 is 1.82 bits per heavy atom. The summed E-state index contributed by atoms with van der Waals surface area (Å²) >= 11 is 0. The fraction of sp³-hybridized carbons (Fsp3) is 0.375. The summed E-state index contributed by atoms with van der Waals surface area (Å²) in [4.78, 5) is 23.7. The first kappa shape index (κ1) is 26.8. The van der Waals surface area contributed by atoms with Crippen molar-refractivity contribution in [3.8, 4) is 11.8 Å². The van der Waals surface area contributed by atoms with Gasteiger partial charge in [0.1, 0.15) is 4.90 Å². The summed E-state index contributed by atoms with van der Waals surface area (Å²) in [6, 6.07) is 13.8. The van der Waals surface area contributed by atoms with Crippen molar-refractivity contribution in [2.24, 2.45) is 0 Å². The van der Waals surface area contributed by atoms with Crippen molar-refractivity contribution in [1.29, 1.82) is 5.26 Å². The summed E-state index contributed by atoms with van der Waals surface area (Å²) in [7, 11) is -2.79. The number of para-hydroxylation sites is 1. The minimum absolute atomic E-state index is 0.0186. The topological polar surface area (TPSA) is 135 Å². The van der Waals surface area contributed by atoms with Crippen molar-refractivity contribution in [3.05, 3.63) is 53.6 Å². The third kappa shape index (κ3) is 7.86. The Hall–Kier alpha value is -3.42. The molecule has 0 unspecified atom stereocenters. The number of esters is 1. The van der Waals surface area contributed by atoms with Crippen LogP contribution in [-0.2, 0) is 30.8 Å². The number of benzene rings is 2. The number of unbranched alkanes of at least 4 members (excludes halogenated alkanes) is 1. The first-order chi connectivity index (χ1) is 16.2. The van der Waals surface area contributed by atoms with Crippen molar-refractivity contribution in [2.45, 2.75) is 57.1 Å². The maximum Gasteiger partial charge on any atom is 0.307 e. The zero-order valence-corrected chi connectivity index (χ0v) is 20.3. The lowest BCUT2D eigenvalue weighted by molar-refractivity contribution is -0.148. The molecule has 0 saturated carbocycles. The number of nitrogens with one attached hydrogen (secondary N) is 2. The Labute approximate surface area is 200 Å². The third-order valence-electron chi connectivity index (χ3n) is 4.87. The number of rotatable bonds is 12. The Kier molecular flexibility index (Phi) is 10.0. The number of methoxy groups -OCH3 is 1. The minimum Gasteiger partial charge on any atom is -0.493 e. The molecule has 0 saturated heterocycles. The minimum atomic E-state index is -4.09. The van der Waals surface area contributed by atoms with Crippen LogP contribution < -0.4 is 14.8 Å². The molecule has 0 aliphatic heterocycles. The van der Waals surface area contributed by atoms with E-state index in [1.807, 2.05) is 12.1 Å². The number of ether oxygens (including phenoxy) is 2. The van der Waals surface area contributed by atoms with Gasteiger partial charge in [-0.25, -0.2) is 8.42 Å². The number of hydrogen-bond acceptors (Lipinski definition) is 7. The van der Waals surface area contributed by atoms with E-state index in [1.165, 1.54) is 26.2 Å². The molecule has 0 heterocycles. The van der Waals surface area contributed by atoms with Gasteiger partial charge in [0.15, 0.2) is 12.0 Å². The highest BCUT2D eigenvalue weighted by Crippen LogP contribution is 2.32. The molecule has 10 heteroatoms. The van der Waals surface area contributed by atoms with Gasteiger partial charge in [-0.2, -0.15) is 9.98 Å². The van der Waals surface area contributed by atoms with E-state index >= 15 is 0 Å². The second kappa shape index (κ2) is 12.7. The zero-order chi connectivity index (χ0) is 25.1. The zero-order valence-electron chi connectivity index (χ0n) is 19.5. The summed E-state index contributed by atoms with van der Waals surface area (Å²) in [5.74, 6) is -0.830. The van der Waals surface area contributed by atoms with E-state index in [9.17, 15) is 18.0 Å². The van der Waals surface area contributed by atoms with E-state index in [4.69, 9.17) is 14.7 Å². The molecule has 0 fully saturated rings. The van der Waals surface area contributed by atoms with Gasteiger partial charge in [0.05, 0.1) is 24.4 Å². The van der Waals surface area contributed by atoms with Crippen LogP contribution in [0.5, 0.6) is 5.75 Å². The second-order valence-corrected chi connectivity index (χ2v) is 9.19. The summed E-state index contributed by atoms with van der Waals surface area (Å²) in [6.07, 6.45) is 1.49. The number of nitriles is 1. The molecule has 0 aromatic heterocycles. The summed E-state index contributed by atoms with van der Waals surface area (Å²) < 4.78 is 38.1. The molecule has 2 aromatic rings. The lowest BCUT2D eigenvalue weighted by Gasteiger charge is -2.18. The van der Waals surface area contributed by atoms with Crippen molar-refractivity contribution >= 4 is 27.6 Å². The molecule has 0 aliphatic carbocycles. The molecule has 0 spiro atoms. The predicted molar refractivity (Wildman–Crippen MR) is 127 cm³/mol. The van der Waals surface area contributed by atoms with Gasteiger partial charge in [-0.3, -0.25) is 9.59 Å². The maximum atomic E-state index is 12.8. The second-order valence-electron chi connectivity index (χ2n) is 7.51. The van der Waals surface area contributed by atoms with Crippen LogP contribution in [0.25, 0.3) is 0 Å². The molecule has 0 bridgehead atoms. The number of anilines is 1. The quantitative estimate of drug-likeness (QED) is 0.266. The van der Waals surface area contributed by atoms with E-state index in [1.54, 1.807) is 25.1 Å². The average Bonchev–Trinajstić information content (AvgIpc) is 2.81. The molecular weight excluding hydrogens is 458 g/mol. The monoisotopic (exact) mass is 487 g/mol. The van der Waals surface area contributed by atoms with Gasteiger partial charge in [-0.15, -0.1) is 0 Å². The van der Waals surface area contributed by atoms with Gasteiger partial charge in [0, 0.05) is 12.8 Å². The van der Waals surface area contributed by atoms with Crippen molar-refractivity contribution in [1.82, 2.24) is 4.72 Å². The van der Waals surface area contributed by atoms with Gasteiger partial charge in [-0.1, -0.05) is 25.1 Å². The Bertz CT molecular complexity index is 1140. The fourth-order valence-electron chi connectivity index (χ4n) is 3.20. The van der Waals surface area contributed by atoms with Crippen LogP contribution in [0.2, 0.25) is 0 Å². The standard InChI is InChI=1S/C24H29N3O6S/c1-4-23(29)33-17(2)27-34(30,31)21-10-7-9-20(24(21)32-3)26-22(28)11-6-5-8-18-12-14-19(16-25)15-13-18/h7,9-10,12-15,17,27H,4-6,8,11H2,1-3H3,(H,26,28)/t17-/m0/s1. The Morgan fingerprint density at radius 1 is 1.12 bits per heavy atom. The van der Waals surface area contributed by atoms with Crippen molar-refractivity contribution in [2.75, 3.05) is 12.4 Å². The van der Waals surface area contributed by atoms with Crippen molar-refractivity contribution in [3.63, 3.8) is 0 Å². The molecule has 182 valence electrons. The number of carbonyl (C=O) groups excluding carboxylic acids is 2. The van der Waals surface area contributed by atoms with E-state index < -0.39 is 22.2 Å². The predicted octanol–water partition coefficient (Wildman–Crippen LogP) is 3.50. The third-order valence-corrected chi connectivity index (χ3v) is 6.41. The Balaban J connectivity index is 1.98. The molecule has 9 nitrogen and oxygen atoms in total. The Morgan fingerprint density at radius 3 is 2.44 bits per heavy atom. The highest BCUT2D eigenvalue weighted by atomic mass is 32.2. The maximum absolute atomic E-state index is 12.8. The summed E-state index contributed by atoms with van der Waals surface area (Å²) in [6.45, 7) is 3.01. The van der Waals surface area contributed by atoms with Crippen LogP contribution in [0, 0.1) is 11.3 Å². The lowest BCUT2D eigenvalue weighted by atomic mass is 10.1. The first-order valence-electron chi connectivity index (χ1n) is 10.9. The van der Waals surface area contributed by atoms with Gasteiger partial charge in [0.2, 0.25) is 15.9 Å². The van der Waals surface area contributed by atoms with Gasteiger partial charge < -0.3 is 14.8 Å². The van der Waals surface area contributed by atoms with Crippen LogP contribution in [0.3, 0.4) is 0 Å². The average molecular weight is 488 g/mol. The fourth-order valence-corrected chi connectivity index (χ4v) is 4.50. The number of nitrogens with zero attached hydrogens (tertiary/aromatic N) is 1. The molecule has 0 radical (unpaired) electrons. The van der Waals surface area contributed by atoms with E-state index in [-0.39, 0.29) is 35.1 Å². The largest absolute Gasteiger partial charge is 0.493 e. The van der Waals surface area contributed by atoms with Crippen LogP contribution in [0.4, 0.5) is 5.69 Å². The number of aryl methyl sites for hydroxylation is 1. The van der Waals surface area contributed by atoms with Crippen LogP contribution in [0.15, 0.2) is 47.4 Å². The molecule has 1 amide bonds. The van der Waals surface area contributed by atoms with Crippen LogP contribution in [0.1, 0.15) is 50.7 Å².